The van der Waals surface area contributed by atoms with Gasteiger partial charge in [0.05, 0.1) is 6.54 Å². The van der Waals surface area contributed by atoms with Crippen LogP contribution in [0.4, 0.5) is 5.69 Å². The predicted molar refractivity (Wildman–Crippen MR) is 124 cm³/mol. The second-order valence-electron chi connectivity index (χ2n) is 8.13. The third kappa shape index (κ3) is 6.04. The van der Waals surface area contributed by atoms with Crippen molar-refractivity contribution in [3.8, 4) is 0 Å². The van der Waals surface area contributed by atoms with Gasteiger partial charge >= 0.3 is 0 Å². The van der Waals surface area contributed by atoms with Gasteiger partial charge in [0.2, 0.25) is 5.91 Å². The molecule has 31 heavy (non-hydrogen) atoms. The number of hydrogen-bond donors (Lipinski definition) is 2. The fraction of sp³-hybridized carbons (Fsp3) is 0.320. The molecule has 0 aliphatic rings. The average molecular weight is 420 g/mol. The molecule has 2 heterocycles. The molecule has 0 aliphatic carbocycles. The molecule has 6 nitrogen and oxygen atoms in total. The number of aromatic amines is 1. The van der Waals surface area contributed by atoms with Gasteiger partial charge in [0.1, 0.15) is 12.0 Å². The second kappa shape index (κ2) is 10.6. The molecular weight excluding hydrogens is 390 g/mol. The van der Waals surface area contributed by atoms with E-state index in [0.29, 0.717) is 31.6 Å². The number of allylic oxidation sites excluding steroid dienone is 2. The fourth-order valence-corrected chi connectivity index (χ4v) is 3.66. The Hall–Kier alpha value is -3.41. The molecule has 0 unspecified atom stereocenters. The van der Waals surface area contributed by atoms with Crippen LogP contribution in [0.25, 0.3) is 10.9 Å². The lowest BCUT2D eigenvalue weighted by Crippen LogP contribution is -2.25. The molecular formula is C25H29N3O3. The van der Waals surface area contributed by atoms with Crippen LogP contribution < -0.4 is 10.9 Å². The van der Waals surface area contributed by atoms with E-state index >= 15 is 0 Å². The summed E-state index contributed by atoms with van der Waals surface area (Å²) < 4.78 is 1.59. The zero-order valence-corrected chi connectivity index (χ0v) is 18.1. The number of H-pyrrole nitrogens is 1. The highest BCUT2D eigenvalue weighted by Crippen LogP contribution is 2.22. The number of carbonyl (C=O) groups is 2. The Morgan fingerprint density at radius 3 is 2.84 bits per heavy atom. The summed E-state index contributed by atoms with van der Waals surface area (Å²) in [4.78, 5) is 38.7. The van der Waals surface area contributed by atoms with Gasteiger partial charge in [0, 0.05) is 23.8 Å². The predicted octanol–water partition coefficient (Wildman–Crippen LogP) is 4.44. The highest BCUT2D eigenvalue weighted by Gasteiger charge is 2.10. The Bertz CT molecular complexity index is 1140. The van der Waals surface area contributed by atoms with Gasteiger partial charge in [0.25, 0.3) is 5.56 Å². The summed E-state index contributed by atoms with van der Waals surface area (Å²) >= 11 is 0. The van der Waals surface area contributed by atoms with Gasteiger partial charge in [-0.05, 0) is 60.4 Å². The van der Waals surface area contributed by atoms with E-state index < -0.39 is 0 Å². The van der Waals surface area contributed by atoms with E-state index in [1.165, 1.54) is 11.6 Å². The first-order valence-electron chi connectivity index (χ1n) is 10.7. The van der Waals surface area contributed by atoms with Gasteiger partial charge in [-0.3, -0.25) is 14.4 Å². The maximum absolute atomic E-state index is 12.8. The van der Waals surface area contributed by atoms with Crippen LogP contribution in [-0.4, -0.2) is 21.7 Å². The third-order valence-electron chi connectivity index (χ3n) is 5.05. The van der Waals surface area contributed by atoms with Crippen LogP contribution >= 0.6 is 0 Å². The fourth-order valence-electron chi connectivity index (χ4n) is 3.66. The molecule has 162 valence electrons. The number of nitrogens with zero attached hydrogens (tertiary/aromatic N) is 1. The minimum atomic E-state index is -0.238. The van der Waals surface area contributed by atoms with Gasteiger partial charge in [-0.25, -0.2) is 0 Å². The molecule has 0 saturated heterocycles. The zero-order valence-electron chi connectivity index (χ0n) is 18.1. The molecule has 2 aromatic heterocycles. The summed E-state index contributed by atoms with van der Waals surface area (Å²) in [5.74, 6) is 0.347. The number of hydrogen-bond acceptors (Lipinski definition) is 3. The van der Waals surface area contributed by atoms with E-state index in [4.69, 9.17) is 0 Å². The number of unbranched alkanes of at least 4 members (excludes halogenated alkanes) is 1. The number of pyridine rings is 1. The monoisotopic (exact) mass is 419 g/mol. The molecule has 1 amide bonds. The van der Waals surface area contributed by atoms with Crippen molar-refractivity contribution in [1.82, 2.24) is 9.55 Å². The number of benzene rings is 1. The highest BCUT2D eigenvalue weighted by atomic mass is 16.2. The number of anilines is 1. The van der Waals surface area contributed by atoms with Crippen LogP contribution in [-0.2, 0) is 22.6 Å². The lowest BCUT2D eigenvalue weighted by Gasteiger charge is -2.09. The number of fused-ring (bicyclic) bond motifs is 1. The van der Waals surface area contributed by atoms with E-state index in [9.17, 15) is 14.4 Å². The second-order valence-corrected chi connectivity index (χ2v) is 8.13. The molecule has 0 saturated carbocycles. The number of aldehydes is 1. The van der Waals surface area contributed by atoms with Crippen molar-refractivity contribution in [1.29, 1.82) is 0 Å². The molecule has 0 bridgehead atoms. The number of rotatable bonds is 10. The lowest BCUT2D eigenvalue weighted by atomic mass is 10.0. The van der Waals surface area contributed by atoms with Crippen LogP contribution in [0.2, 0.25) is 0 Å². The Morgan fingerprint density at radius 1 is 1.23 bits per heavy atom. The smallest absolute Gasteiger partial charge is 0.274 e. The Kier molecular flexibility index (Phi) is 7.60. The number of para-hydroxylation sites is 1. The summed E-state index contributed by atoms with van der Waals surface area (Å²) in [5, 5.41) is 3.84. The molecule has 0 radical (unpaired) electrons. The molecule has 6 heteroatoms. The molecule has 0 spiro atoms. The summed E-state index contributed by atoms with van der Waals surface area (Å²) in [5.41, 5.74) is 3.37. The van der Waals surface area contributed by atoms with Crippen LogP contribution in [0.1, 0.15) is 44.4 Å². The number of amides is 1. The van der Waals surface area contributed by atoms with E-state index in [0.717, 1.165) is 23.0 Å². The largest absolute Gasteiger partial charge is 0.357 e. The zero-order chi connectivity index (χ0) is 22.2. The topological polar surface area (TPSA) is 84.0 Å². The van der Waals surface area contributed by atoms with Crippen LogP contribution in [0, 0.1) is 5.92 Å². The standard InChI is InChI=1S/C25H29N3O3/c1-18(2)15-19-9-7-10-20-16-21(26-24(19)20)17-28-13-8-11-22(25(28)31)27-23(30)12-5-3-4-6-14-29/h4,6-11,13-14,16,18,26H,3,5,12,15,17H2,1-2H3,(H,27,30)/b6-4+. The Labute approximate surface area is 182 Å². The van der Waals surface area contributed by atoms with Crippen molar-refractivity contribution in [2.24, 2.45) is 5.92 Å². The normalized spacial score (nSPS) is 11.5. The van der Waals surface area contributed by atoms with Crippen molar-refractivity contribution in [3.05, 3.63) is 76.4 Å². The quantitative estimate of drug-likeness (QED) is 0.289. The maximum atomic E-state index is 12.8. The van der Waals surface area contributed by atoms with Crippen LogP contribution in [0.3, 0.4) is 0 Å². The number of aromatic nitrogens is 2. The van der Waals surface area contributed by atoms with Crippen LogP contribution in [0.5, 0.6) is 0 Å². The molecule has 3 rings (SSSR count). The SMILES string of the molecule is CC(C)Cc1cccc2cc(Cn3cccc(NC(=O)CCC/C=C/C=O)c3=O)[nH]c12. The van der Waals surface area contributed by atoms with E-state index in [1.807, 2.05) is 0 Å². The molecule has 2 N–H and O–H groups in total. The molecule has 0 fully saturated rings. The van der Waals surface area contributed by atoms with Gasteiger partial charge in [-0.2, -0.15) is 0 Å². The Balaban J connectivity index is 1.72. The Morgan fingerprint density at radius 2 is 2.06 bits per heavy atom. The summed E-state index contributed by atoms with van der Waals surface area (Å²) in [6, 6.07) is 11.7. The van der Waals surface area contributed by atoms with Gasteiger partial charge in [-0.15, -0.1) is 0 Å². The number of carbonyl (C=O) groups excluding carboxylic acids is 2. The van der Waals surface area contributed by atoms with Gasteiger partial charge in [-0.1, -0.05) is 38.1 Å². The maximum Gasteiger partial charge on any atom is 0.274 e. The molecule has 0 aliphatic heterocycles. The summed E-state index contributed by atoms with van der Waals surface area (Å²) in [6.45, 7) is 4.79. The average Bonchev–Trinajstić information content (AvgIpc) is 3.14. The summed E-state index contributed by atoms with van der Waals surface area (Å²) in [6.07, 6.45) is 8.12. The molecule has 0 atom stereocenters. The minimum absolute atomic E-state index is 0.210. The van der Waals surface area contributed by atoms with Gasteiger partial charge < -0.3 is 14.9 Å². The van der Waals surface area contributed by atoms with Crippen molar-refractivity contribution < 1.29 is 9.59 Å². The first-order chi connectivity index (χ1) is 15.0. The number of nitrogens with one attached hydrogen (secondary N) is 2. The van der Waals surface area contributed by atoms with Crippen molar-refractivity contribution >= 4 is 28.8 Å². The van der Waals surface area contributed by atoms with Crippen molar-refractivity contribution in [2.45, 2.75) is 46.1 Å². The van der Waals surface area contributed by atoms with E-state index in [-0.39, 0.29) is 23.6 Å². The van der Waals surface area contributed by atoms with Crippen LogP contribution in [0.15, 0.2) is 59.5 Å². The van der Waals surface area contributed by atoms with Crippen molar-refractivity contribution in [2.75, 3.05) is 5.32 Å². The third-order valence-corrected chi connectivity index (χ3v) is 5.05. The van der Waals surface area contributed by atoms with E-state index in [1.54, 1.807) is 29.0 Å². The van der Waals surface area contributed by atoms with E-state index in [2.05, 4.69) is 48.4 Å². The lowest BCUT2D eigenvalue weighted by molar-refractivity contribution is -0.116. The van der Waals surface area contributed by atoms with Gasteiger partial charge in [0.15, 0.2) is 0 Å². The van der Waals surface area contributed by atoms with Crippen molar-refractivity contribution in [3.63, 3.8) is 0 Å². The molecule has 3 aromatic rings. The minimum Gasteiger partial charge on any atom is -0.357 e. The first kappa shape index (κ1) is 22.3. The highest BCUT2D eigenvalue weighted by molar-refractivity contribution is 5.90. The molecule has 1 aromatic carbocycles. The first-order valence-corrected chi connectivity index (χ1v) is 10.7. The summed E-state index contributed by atoms with van der Waals surface area (Å²) in [7, 11) is 0.